The van der Waals surface area contributed by atoms with E-state index in [4.69, 9.17) is 0 Å². The minimum absolute atomic E-state index is 0.185. The molecule has 0 bridgehead atoms. The van der Waals surface area contributed by atoms with Gasteiger partial charge in [0.15, 0.2) is 4.90 Å². The summed E-state index contributed by atoms with van der Waals surface area (Å²) in [6.07, 6.45) is 3.25. The summed E-state index contributed by atoms with van der Waals surface area (Å²) >= 11 is 0. The van der Waals surface area contributed by atoms with E-state index in [1.807, 2.05) is 4.98 Å². The Bertz CT molecular complexity index is 690. The van der Waals surface area contributed by atoms with E-state index in [1.54, 1.807) is 0 Å². The highest BCUT2D eigenvalue weighted by atomic mass is 32.2. The number of sulfonamides is 1. The molecule has 1 saturated heterocycles. The van der Waals surface area contributed by atoms with Gasteiger partial charge < -0.3 is 9.78 Å². The van der Waals surface area contributed by atoms with Crippen molar-refractivity contribution in [3.63, 3.8) is 0 Å². The van der Waals surface area contributed by atoms with E-state index >= 15 is 0 Å². The normalized spacial score (nSPS) is 21.2. The number of nitrogens with zero attached hydrogens (tertiary/aromatic N) is 1. The molecule has 0 aromatic carbocycles. The van der Waals surface area contributed by atoms with Crippen molar-refractivity contribution in [2.45, 2.75) is 30.2 Å². The van der Waals surface area contributed by atoms with Gasteiger partial charge in [-0.3, -0.25) is 9.78 Å². The second-order valence-corrected chi connectivity index (χ2v) is 6.11. The van der Waals surface area contributed by atoms with Crippen LogP contribution in [0.15, 0.2) is 20.7 Å². The molecule has 1 aliphatic heterocycles. The third-order valence-corrected chi connectivity index (χ3v) is 4.96. The van der Waals surface area contributed by atoms with Gasteiger partial charge in [-0.15, -0.1) is 0 Å². The van der Waals surface area contributed by atoms with E-state index in [9.17, 15) is 22.8 Å². The third-order valence-electron chi connectivity index (χ3n) is 3.03. The summed E-state index contributed by atoms with van der Waals surface area (Å²) in [5.41, 5.74) is -1.77. The SMILES string of the molecule is O=CC1CCCCN1S(=O)(=O)c1c[nH]c(=O)[nH]c1=O. The van der Waals surface area contributed by atoms with E-state index in [2.05, 4.69) is 4.98 Å². The first-order valence-corrected chi connectivity index (χ1v) is 7.20. The number of carbonyl (C=O) groups excluding carboxylic acids is 1. The minimum atomic E-state index is -4.08. The zero-order valence-electron chi connectivity index (χ0n) is 9.96. The maximum atomic E-state index is 12.3. The van der Waals surface area contributed by atoms with Crippen molar-refractivity contribution in [2.75, 3.05) is 6.54 Å². The molecule has 0 saturated carbocycles. The van der Waals surface area contributed by atoms with Crippen molar-refractivity contribution in [1.29, 1.82) is 0 Å². The average molecular weight is 287 g/mol. The Kier molecular flexibility index (Phi) is 3.67. The van der Waals surface area contributed by atoms with E-state index in [0.717, 1.165) is 16.9 Å². The Hall–Kier alpha value is -1.74. The van der Waals surface area contributed by atoms with Gasteiger partial charge in [-0.25, -0.2) is 13.2 Å². The molecular formula is C10H13N3O5S. The molecule has 0 aliphatic carbocycles. The number of nitrogens with one attached hydrogen (secondary N) is 2. The van der Waals surface area contributed by atoms with E-state index in [0.29, 0.717) is 19.1 Å². The Morgan fingerprint density at radius 3 is 2.68 bits per heavy atom. The highest BCUT2D eigenvalue weighted by Crippen LogP contribution is 2.22. The lowest BCUT2D eigenvalue weighted by Gasteiger charge is -2.30. The molecule has 0 amide bonds. The number of rotatable bonds is 3. The number of piperidine rings is 1. The van der Waals surface area contributed by atoms with Crippen LogP contribution in [0.2, 0.25) is 0 Å². The van der Waals surface area contributed by atoms with Crippen molar-refractivity contribution in [1.82, 2.24) is 14.3 Å². The summed E-state index contributed by atoms with van der Waals surface area (Å²) < 4.78 is 25.6. The molecule has 1 aliphatic rings. The molecule has 1 unspecified atom stereocenters. The first-order valence-electron chi connectivity index (χ1n) is 5.76. The first kappa shape index (κ1) is 13.7. The lowest BCUT2D eigenvalue weighted by Crippen LogP contribution is -2.46. The van der Waals surface area contributed by atoms with Crippen LogP contribution in [0.3, 0.4) is 0 Å². The molecule has 19 heavy (non-hydrogen) atoms. The molecule has 9 heteroatoms. The van der Waals surface area contributed by atoms with Gasteiger partial charge in [0.2, 0.25) is 0 Å². The second kappa shape index (κ2) is 5.10. The highest BCUT2D eigenvalue weighted by Gasteiger charge is 2.35. The van der Waals surface area contributed by atoms with Crippen LogP contribution in [0.25, 0.3) is 0 Å². The maximum absolute atomic E-state index is 12.3. The maximum Gasteiger partial charge on any atom is 0.325 e. The van der Waals surface area contributed by atoms with Crippen molar-refractivity contribution >= 4 is 16.3 Å². The summed E-state index contributed by atoms with van der Waals surface area (Å²) in [6.45, 7) is 0.185. The third kappa shape index (κ3) is 2.51. The summed E-state index contributed by atoms with van der Waals surface area (Å²) in [5, 5.41) is 0. The zero-order valence-corrected chi connectivity index (χ0v) is 10.8. The fourth-order valence-corrected chi connectivity index (χ4v) is 3.71. The first-order chi connectivity index (χ1) is 8.96. The molecule has 0 spiro atoms. The Morgan fingerprint density at radius 2 is 2.05 bits per heavy atom. The van der Waals surface area contributed by atoms with Gasteiger partial charge in [-0.1, -0.05) is 6.42 Å². The predicted molar refractivity (Wildman–Crippen MR) is 65.3 cm³/mol. The van der Waals surface area contributed by atoms with Gasteiger partial charge in [0.1, 0.15) is 6.29 Å². The average Bonchev–Trinajstić information content (AvgIpc) is 2.38. The zero-order chi connectivity index (χ0) is 14.0. The Balaban J connectivity index is 2.49. The number of aromatic amines is 2. The number of aldehydes is 1. The minimum Gasteiger partial charge on any atom is -0.313 e. The van der Waals surface area contributed by atoms with Crippen LogP contribution in [-0.4, -0.2) is 41.6 Å². The molecular weight excluding hydrogens is 274 g/mol. The van der Waals surface area contributed by atoms with Crippen LogP contribution in [0.5, 0.6) is 0 Å². The van der Waals surface area contributed by atoms with E-state index in [-0.39, 0.29) is 6.54 Å². The lowest BCUT2D eigenvalue weighted by atomic mass is 10.1. The molecule has 1 fully saturated rings. The molecule has 1 atom stereocenters. The quantitative estimate of drug-likeness (QED) is 0.677. The monoisotopic (exact) mass is 287 g/mol. The van der Waals surface area contributed by atoms with Crippen molar-refractivity contribution in [3.05, 3.63) is 27.0 Å². The lowest BCUT2D eigenvalue weighted by molar-refractivity contribution is -0.111. The Labute approximate surface area is 108 Å². The van der Waals surface area contributed by atoms with E-state index < -0.39 is 32.2 Å². The Morgan fingerprint density at radius 1 is 1.32 bits per heavy atom. The van der Waals surface area contributed by atoms with Gasteiger partial charge >= 0.3 is 5.69 Å². The van der Waals surface area contributed by atoms with Gasteiger partial charge in [-0.2, -0.15) is 4.31 Å². The number of H-pyrrole nitrogens is 2. The highest BCUT2D eigenvalue weighted by molar-refractivity contribution is 7.89. The van der Waals surface area contributed by atoms with Gasteiger partial charge in [-0.05, 0) is 12.8 Å². The fraction of sp³-hybridized carbons (Fsp3) is 0.500. The van der Waals surface area contributed by atoms with Crippen LogP contribution >= 0.6 is 0 Å². The second-order valence-electron chi connectivity index (χ2n) is 4.25. The van der Waals surface area contributed by atoms with Crippen LogP contribution in [-0.2, 0) is 14.8 Å². The number of aromatic nitrogens is 2. The summed E-state index contributed by atoms with van der Waals surface area (Å²) in [5.74, 6) is 0. The van der Waals surface area contributed by atoms with Gasteiger partial charge in [0.05, 0.1) is 6.04 Å². The molecule has 2 N–H and O–H groups in total. The molecule has 1 aromatic rings. The molecule has 8 nitrogen and oxygen atoms in total. The molecule has 2 rings (SSSR count). The van der Waals surface area contributed by atoms with Crippen LogP contribution in [0.1, 0.15) is 19.3 Å². The summed E-state index contributed by atoms with van der Waals surface area (Å²) in [7, 11) is -4.08. The molecule has 0 radical (unpaired) electrons. The summed E-state index contributed by atoms with van der Waals surface area (Å²) in [4.78, 5) is 36.8. The van der Waals surface area contributed by atoms with Gasteiger partial charge in [0, 0.05) is 12.7 Å². The number of hydrogen-bond donors (Lipinski definition) is 2. The smallest absolute Gasteiger partial charge is 0.313 e. The van der Waals surface area contributed by atoms with Crippen LogP contribution < -0.4 is 11.2 Å². The number of carbonyl (C=O) groups is 1. The van der Waals surface area contributed by atoms with E-state index in [1.165, 1.54) is 0 Å². The van der Waals surface area contributed by atoms with Crippen molar-refractivity contribution < 1.29 is 13.2 Å². The van der Waals surface area contributed by atoms with Crippen LogP contribution in [0, 0.1) is 0 Å². The molecule has 104 valence electrons. The van der Waals surface area contributed by atoms with Gasteiger partial charge in [0.25, 0.3) is 15.6 Å². The number of hydrogen-bond acceptors (Lipinski definition) is 5. The fourth-order valence-electron chi connectivity index (χ4n) is 2.08. The standard InChI is InChI=1S/C10H13N3O5S/c14-6-7-3-1-2-4-13(7)19(17,18)8-5-11-10(16)12-9(8)15/h5-7H,1-4H2,(H2,11,12,15,16). The predicted octanol–water partition coefficient (Wildman–Crippen LogP) is -1.19. The largest absolute Gasteiger partial charge is 0.325 e. The molecule has 1 aromatic heterocycles. The molecule has 2 heterocycles. The van der Waals surface area contributed by atoms with Crippen molar-refractivity contribution in [2.24, 2.45) is 0 Å². The summed E-state index contributed by atoms with van der Waals surface area (Å²) in [6, 6.07) is -0.759. The topological polar surface area (TPSA) is 120 Å². The van der Waals surface area contributed by atoms with Crippen LogP contribution in [0.4, 0.5) is 0 Å². The van der Waals surface area contributed by atoms with Crippen molar-refractivity contribution in [3.8, 4) is 0 Å².